The summed E-state index contributed by atoms with van der Waals surface area (Å²) in [4.78, 5) is 24.4. The lowest BCUT2D eigenvalue weighted by Crippen LogP contribution is -2.25. The van der Waals surface area contributed by atoms with E-state index in [1.54, 1.807) is 0 Å². The second kappa shape index (κ2) is 7.57. The van der Waals surface area contributed by atoms with Gasteiger partial charge in [-0.2, -0.15) is 0 Å². The Morgan fingerprint density at radius 1 is 1.08 bits per heavy atom. The highest BCUT2D eigenvalue weighted by molar-refractivity contribution is 7.91. The molecule has 0 amide bonds. The monoisotopic (exact) mass is 364 g/mol. The first kappa shape index (κ1) is 18.8. The van der Waals surface area contributed by atoms with Gasteiger partial charge in [-0.25, -0.2) is 17.6 Å². The number of rotatable bonds is 6. The zero-order valence-electron chi connectivity index (χ0n) is 13.7. The molecule has 2 aromatic rings. The highest BCUT2D eigenvalue weighted by atomic mass is 32.2. The molecule has 25 heavy (non-hydrogen) atoms. The molecule has 7 heteroatoms. The molecule has 0 N–H and O–H groups in total. The Kier molecular flexibility index (Phi) is 5.69. The van der Waals surface area contributed by atoms with Crippen LogP contribution in [0.15, 0.2) is 53.4 Å². The summed E-state index contributed by atoms with van der Waals surface area (Å²) in [5.74, 6) is -2.07. The zero-order valence-corrected chi connectivity index (χ0v) is 14.5. The predicted molar refractivity (Wildman–Crippen MR) is 89.8 cm³/mol. The molecule has 2 aromatic carbocycles. The van der Waals surface area contributed by atoms with Crippen molar-refractivity contribution in [1.29, 1.82) is 0 Å². The summed E-state index contributed by atoms with van der Waals surface area (Å²) < 4.78 is 42.2. The van der Waals surface area contributed by atoms with Gasteiger partial charge in [0, 0.05) is 5.56 Å². The fourth-order valence-corrected chi connectivity index (χ4v) is 3.27. The SMILES string of the molecule is CCS(=O)(=O)c1ccccc1C(=O)O[C@H](C)C(=O)c1ccc(F)cc1. The van der Waals surface area contributed by atoms with E-state index in [2.05, 4.69) is 0 Å². The Morgan fingerprint density at radius 3 is 2.28 bits per heavy atom. The summed E-state index contributed by atoms with van der Waals surface area (Å²) in [7, 11) is -3.61. The molecule has 0 bridgehead atoms. The summed E-state index contributed by atoms with van der Waals surface area (Å²) in [6.07, 6.45) is -1.14. The highest BCUT2D eigenvalue weighted by Gasteiger charge is 2.25. The molecule has 0 aliphatic rings. The fourth-order valence-electron chi connectivity index (χ4n) is 2.19. The van der Waals surface area contributed by atoms with Crippen molar-refractivity contribution in [2.24, 2.45) is 0 Å². The van der Waals surface area contributed by atoms with Crippen LogP contribution < -0.4 is 0 Å². The molecule has 5 nitrogen and oxygen atoms in total. The number of halogens is 1. The largest absolute Gasteiger partial charge is 0.451 e. The van der Waals surface area contributed by atoms with Crippen LogP contribution in [-0.4, -0.2) is 32.0 Å². The van der Waals surface area contributed by atoms with E-state index >= 15 is 0 Å². The quantitative estimate of drug-likeness (QED) is 0.582. The molecule has 0 radical (unpaired) electrons. The van der Waals surface area contributed by atoms with Crippen LogP contribution in [0.25, 0.3) is 0 Å². The number of hydrogen-bond acceptors (Lipinski definition) is 5. The third kappa shape index (κ3) is 4.30. The molecule has 1 atom stereocenters. The number of ether oxygens (including phenoxy) is 1. The summed E-state index contributed by atoms with van der Waals surface area (Å²) >= 11 is 0. The molecular formula is C18H17FO5S. The van der Waals surface area contributed by atoms with Crippen molar-refractivity contribution in [3.05, 3.63) is 65.5 Å². The summed E-state index contributed by atoms with van der Waals surface area (Å²) in [5, 5.41) is 0. The molecule has 132 valence electrons. The lowest BCUT2D eigenvalue weighted by Gasteiger charge is -2.14. The molecule has 0 heterocycles. The van der Waals surface area contributed by atoms with Gasteiger partial charge in [-0.3, -0.25) is 4.79 Å². The lowest BCUT2D eigenvalue weighted by molar-refractivity contribution is 0.0315. The van der Waals surface area contributed by atoms with Crippen molar-refractivity contribution in [3.8, 4) is 0 Å². The predicted octanol–water partition coefficient (Wildman–Crippen LogP) is 3.05. The molecule has 0 aromatic heterocycles. The van der Waals surface area contributed by atoms with E-state index in [1.165, 1.54) is 50.2 Å². The van der Waals surface area contributed by atoms with Crippen LogP contribution in [0, 0.1) is 5.82 Å². The van der Waals surface area contributed by atoms with Crippen molar-refractivity contribution in [1.82, 2.24) is 0 Å². The van der Waals surface area contributed by atoms with Gasteiger partial charge in [-0.1, -0.05) is 19.1 Å². The minimum atomic E-state index is -3.61. The number of ketones is 1. The minimum Gasteiger partial charge on any atom is -0.451 e. The first-order valence-corrected chi connectivity index (χ1v) is 9.24. The van der Waals surface area contributed by atoms with Gasteiger partial charge >= 0.3 is 5.97 Å². The highest BCUT2D eigenvalue weighted by Crippen LogP contribution is 2.19. The van der Waals surface area contributed by atoms with E-state index < -0.39 is 33.5 Å². The molecule has 0 saturated carbocycles. The molecule has 2 rings (SSSR count). The Balaban J connectivity index is 2.23. The van der Waals surface area contributed by atoms with Gasteiger partial charge in [0.15, 0.2) is 15.9 Å². The molecule has 0 unspecified atom stereocenters. The van der Waals surface area contributed by atoms with Gasteiger partial charge in [0.25, 0.3) is 0 Å². The van der Waals surface area contributed by atoms with Crippen molar-refractivity contribution in [3.63, 3.8) is 0 Å². The van der Waals surface area contributed by atoms with E-state index in [0.717, 1.165) is 12.1 Å². The van der Waals surface area contributed by atoms with Gasteiger partial charge in [-0.15, -0.1) is 0 Å². The number of Topliss-reactive ketones (excluding diaryl/α,β-unsaturated/α-hetero) is 1. The van der Waals surface area contributed by atoms with Crippen LogP contribution in [-0.2, 0) is 14.6 Å². The number of hydrogen-bond donors (Lipinski definition) is 0. The smallest absolute Gasteiger partial charge is 0.340 e. The van der Waals surface area contributed by atoms with E-state index in [-0.39, 0.29) is 21.8 Å². The van der Waals surface area contributed by atoms with Crippen molar-refractivity contribution in [2.75, 3.05) is 5.75 Å². The van der Waals surface area contributed by atoms with Crippen LogP contribution in [0.3, 0.4) is 0 Å². The van der Waals surface area contributed by atoms with Crippen LogP contribution in [0.5, 0.6) is 0 Å². The molecule has 0 fully saturated rings. The Hall–Kier alpha value is -2.54. The lowest BCUT2D eigenvalue weighted by atomic mass is 10.1. The number of carbonyl (C=O) groups is 2. The van der Waals surface area contributed by atoms with Crippen molar-refractivity contribution >= 4 is 21.6 Å². The fraction of sp³-hybridized carbons (Fsp3) is 0.222. The molecule has 0 aliphatic heterocycles. The maximum absolute atomic E-state index is 12.9. The second-order valence-corrected chi connectivity index (χ2v) is 7.56. The number of esters is 1. The molecule has 0 aliphatic carbocycles. The van der Waals surface area contributed by atoms with E-state index in [0.29, 0.717) is 0 Å². The average Bonchev–Trinajstić information content (AvgIpc) is 2.61. The average molecular weight is 364 g/mol. The van der Waals surface area contributed by atoms with Crippen molar-refractivity contribution in [2.45, 2.75) is 24.8 Å². The molecular weight excluding hydrogens is 347 g/mol. The first-order valence-electron chi connectivity index (χ1n) is 7.59. The van der Waals surface area contributed by atoms with Gasteiger partial charge in [0.2, 0.25) is 5.78 Å². The Bertz CT molecular complexity index is 888. The maximum Gasteiger partial charge on any atom is 0.340 e. The standard InChI is InChI=1S/C18H17FO5S/c1-3-25(22,23)16-7-5-4-6-15(16)18(21)24-12(2)17(20)13-8-10-14(19)11-9-13/h4-12H,3H2,1-2H3/t12-/m1/s1. The maximum atomic E-state index is 12.9. The Morgan fingerprint density at radius 2 is 1.68 bits per heavy atom. The molecule has 0 spiro atoms. The van der Waals surface area contributed by atoms with Crippen LogP contribution in [0.1, 0.15) is 34.6 Å². The summed E-state index contributed by atoms with van der Waals surface area (Å²) in [6.45, 7) is 2.85. The number of carbonyl (C=O) groups excluding carboxylic acids is 2. The van der Waals surface area contributed by atoms with E-state index in [1.807, 2.05) is 0 Å². The zero-order chi connectivity index (χ0) is 18.6. The van der Waals surface area contributed by atoms with E-state index in [4.69, 9.17) is 4.74 Å². The first-order chi connectivity index (χ1) is 11.8. The van der Waals surface area contributed by atoms with Gasteiger partial charge < -0.3 is 4.74 Å². The summed E-state index contributed by atoms with van der Waals surface area (Å²) in [5.41, 5.74) is 0.0688. The number of sulfone groups is 1. The minimum absolute atomic E-state index is 0.122. The van der Waals surface area contributed by atoms with Gasteiger partial charge in [0.1, 0.15) is 5.82 Å². The van der Waals surface area contributed by atoms with Crippen molar-refractivity contribution < 1.29 is 27.1 Å². The van der Waals surface area contributed by atoms with Gasteiger partial charge in [-0.05, 0) is 43.3 Å². The van der Waals surface area contributed by atoms with Gasteiger partial charge in [0.05, 0.1) is 16.2 Å². The third-order valence-electron chi connectivity index (χ3n) is 3.60. The summed E-state index contributed by atoms with van der Waals surface area (Å²) in [6, 6.07) is 10.5. The van der Waals surface area contributed by atoms with Crippen LogP contribution in [0.4, 0.5) is 4.39 Å². The second-order valence-electron chi connectivity index (χ2n) is 5.32. The van der Waals surface area contributed by atoms with Crippen LogP contribution in [0.2, 0.25) is 0 Å². The number of benzene rings is 2. The van der Waals surface area contributed by atoms with Crippen LogP contribution >= 0.6 is 0 Å². The normalized spacial score (nSPS) is 12.4. The topological polar surface area (TPSA) is 77.5 Å². The van der Waals surface area contributed by atoms with E-state index in [9.17, 15) is 22.4 Å². The third-order valence-corrected chi connectivity index (χ3v) is 5.39. The Labute approximate surface area is 145 Å². The molecule has 0 saturated heterocycles.